The lowest BCUT2D eigenvalue weighted by Crippen LogP contribution is -2.15. The molecule has 0 aliphatic heterocycles. The number of allylic oxidation sites excluding steroid dienone is 5. The molecule has 1 N–H and O–H groups in total. The van der Waals surface area contributed by atoms with Crippen molar-refractivity contribution in [3.8, 4) is 23.7 Å². The quantitative estimate of drug-likeness (QED) is 0.425. The molecule has 0 bridgehead atoms. The predicted octanol–water partition coefficient (Wildman–Crippen LogP) is 3.17. The molecule has 22 heavy (non-hydrogen) atoms. The molecule has 0 amide bonds. The Labute approximate surface area is 133 Å². The third-order valence-electron chi connectivity index (χ3n) is 2.54. The fourth-order valence-corrected chi connectivity index (χ4v) is 1.65. The summed E-state index contributed by atoms with van der Waals surface area (Å²) in [4.78, 5) is 11.0. The number of carbonyl (C=O) groups is 1. The number of aliphatic hydroxyl groups excluding tert-OH is 1. The molecule has 0 saturated carbocycles. The number of esters is 1. The normalized spacial score (nSPS) is 12.0. The number of hydrogen-bond donors (Lipinski definition) is 1. The summed E-state index contributed by atoms with van der Waals surface area (Å²) in [5.41, 5.74) is 0. The second-order valence-electron chi connectivity index (χ2n) is 4.51. The first-order valence-electron chi connectivity index (χ1n) is 7.46. The molecule has 0 aromatic rings. The summed E-state index contributed by atoms with van der Waals surface area (Å²) in [5, 5.41) is 8.48. The van der Waals surface area contributed by atoms with E-state index in [0.717, 1.165) is 25.7 Å². The fourth-order valence-electron chi connectivity index (χ4n) is 1.65. The second-order valence-corrected chi connectivity index (χ2v) is 4.51. The van der Waals surface area contributed by atoms with Gasteiger partial charge in [0.25, 0.3) is 0 Å². The third kappa shape index (κ3) is 14.2. The van der Waals surface area contributed by atoms with E-state index in [0.29, 0.717) is 0 Å². The van der Waals surface area contributed by atoms with Crippen molar-refractivity contribution < 1.29 is 14.6 Å². The van der Waals surface area contributed by atoms with E-state index < -0.39 is 0 Å². The van der Waals surface area contributed by atoms with Crippen LogP contribution < -0.4 is 0 Å². The first-order chi connectivity index (χ1) is 10.7. The van der Waals surface area contributed by atoms with Gasteiger partial charge in [-0.15, -0.1) is 0 Å². The Balaban J connectivity index is 3.99. The van der Waals surface area contributed by atoms with Crippen molar-refractivity contribution in [2.45, 2.75) is 45.6 Å². The first kappa shape index (κ1) is 19.8. The molecule has 0 aromatic carbocycles. The van der Waals surface area contributed by atoms with Gasteiger partial charge in [-0.25, -0.2) is 0 Å². The summed E-state index contributed by atoms with van der Waals surface area (Å²) >= 11 is 0. The molecule has 1 atom stereocenters. The van der Waals surface area contributed by atoms with Gasteiger partial charge in [0.15, 0.2) is 0 Å². The molecule has 0 heterocycles. The van der Waals surface area contributed by atoms with Gasteiger partial charge in [0.05, 0.1) is 6.61 Å². The maximum absolute atomic E-state index is 11.0. The number of carbonyl (C=O) groups excluding carboxylic acids is 1. The lowest BCUT2D eigenvalue weighted by atomic mass is 10.1. The van der Waals surface area contributed by atoms with E-state index in [2.05, 4.69) is 30.6 Å². The molecule has 0 radical (unpaired) electrons. The van der Waals surface area contributed by atoms with Gasteiger partial charge in [0, 0.05) is 6.92 Å². The molecule has 0 unspecified atom stereocenters. The summed E-state index contributed by atoms with van der Waals surface area (Å²) < 4.78 is 5.24. The minimum Gasteiger partial charge on any atom is -0.463 e. The van der Waals surface area contributed by atoms with E-state index in [1.807, 2.05) is 18.2 Å². The van der Waals surface area contributed by atoms with Crippen molar-refractivity contribution in [1.29, 1.82) is 0 Å². The average molecular weight is 300 g/mol. The van der Waals surface area contributed by atoms with Crippen LogP contribution in [0.5, 0.6) is 0 Å². The van der Waals surface area contributed by atoms with Crippen LogP contribution in [0, 0.1) is 23.7 Å². The van der Waals surface area contributed by atoms with E-state index in [1.54, 1.807) is 18.2 Å². The van der Waals surface area contributed by atoms with Crippen molar-refractivity contribution in [2.24, 2.45) is 0 Å². The molecule has 0 aliphatic rings. The molecule has 118 valence electrons. The number of rotatable bonds is 8. The molecular weight excluding hydrogens is 276 g/mol. The van der Waals surface area contributed by atoms with E-state index >= 15 is 0 Å². The summed E-state index contributed by atoms with van der Waals surface area (Å²) in [6, 6.07) is 0. The topological polar surface area (TPSA) is 46.5 Å². The Kier molecular flexibility index (Phi) is 13.6. The van der Waals surface area contributed by atoms with E-state index in [4.69, 9.17) is 9.84 Å². The summed E-state index contributed by atoms with van der Waals surface area (Å²) in [7, 11) is 0. The van der Waals surface area contributed by atoms with Crippen molar-refractivity contribution in [3.63, 3.8) is 0 Å². The highest BCUT2D eigenvalue weighted by atomic mass is 16.5. The standard InChI is InChI=1S/C19H24O3/c1-3-15-19(22-18(2)21)16-13-11-9-7-5-4-6-8-10-12-14-17-20/h5,7,9,11-12,14,19-20H,3,13,15-17H2,1-2H3/b7-5+,11-9+,14-12?/t19-/m1/s1. The Morgan fingerprint density at radius 3 is 2.50 bits per heavy atom. The van der Waals surface area contributed by atoms with Crippen LogP contribution in [0.1, 0.15) is 39.5 Å². The average Bonchev–Trinajstić information content (AvgIpc) is 2.48. The zero-order chi connectivity index (χ0) is 16.5. The van der Waals surface area contributed by atoms with E-state index in [9.17, 15) is 4.79 Å². The minimum absolute atomic E-state index is 0.0105. The van der Waals surface area contributed by atoms with Crippen LogP contribution in [-0.2, 0) is 9.53 Å². The Morgan fingerprint density at radius 2 is 1.86 bits per heavy atom. The number of hydrogen-bond acceptors (Lipinski definition) is 3. The molecular formula is C19H24O3. The van der Waals surface area contributed by atoms with Gasteiger partial charge in [0.2, 0.25) is 0 Å². The fraction of sp³-hybridized carbons (Fsp3) is 0.421. The smallest absolute Gasteiger partial charge is 0.302 e. The molecule has 0 saturated heterocycles. The summed E-state index contributed by atoms with van der Waals surface area (Å²) in [5.74, 6) is 10.6. The predicted molar refractivity (Wildman–Crippen MR) is 89.8 cm³/mol. The Hall–Kier alpha value is -2.23. The van der Waals surface area contributed by atoms with Gasteiger partial charge < -0.3 is 9.84 Å². The number of aliphatic hydroxyl groups is 1. The van der Waals surface area contributed by atoms with Crippen LogP contribution in [0.25, 0.3) is 0 Å². The third-order valence-corrected chi connectivity index (χ3v) is 2.54. The monoisotopic (exact) mass is 300 g/mol. The van der Waals surface area contributed by atoms with Gasteiger partial charge >= 0.3 is 5.97 Å². The molecule has 0 aromatic heterocycles. The highest BCUT2D eigenvalue weighted by Gasteiger charge is 2.09. The molecule has 0 fully saturated rings. The summed E-state index contributed by atoms with van der Waals surface area (Å²) in [6.45, 7) is 3.52. The lowest BCUT2D eigenvalue weighted by molar-refractivity contribution is -0.146. The minimum atomic E-state index is -0.215. The largest absolute Gasteiger partial charge is 0.463 e. The lowest BCUT2D eigenvalue weighted by Gasteiger charge is -2.14. The van der Waals surface area contributed by atoms with Gasteiger partial charge in [-0.05, 0) is 43.3 Å². The SMILES string of the molecule is CCC[C@H](CC/C=C/C=C/C#CC#CC=CCO)OC(C)=O. The molecule has 3 heteroatoms. The van der Waals surface area contributed by atoms with Gasteiger partial charge in [-0.3, -0.25) is 4.79 Å². The molecule has 0 rings (SSSR count). The molecule has 3 nitrogen and oxygen atoms in total. The summed E-state index contributed by atoms with van der Waals surface area (Å²) in [6.07, 6.45) is 14.2. The van der Waals surface area contributed by atoms with Crippen LogP contribution >= 0.6 is 0 Å². The van der Waals surface area contributed by atoms with E-state index in [-0.39, 0.29) is 18.7 Å². The van der Waals surface area contributed by atoms with Crippen molar-refractivity contribution in [2.75, 3.05) is 6.61 Å². The van der Waals surface area contributed by atoms with Crippen LogP contribution in [0.15, 0.2) is 36.5 Å². The molecule has 0 spiro atoms. The van der Waals surface area contributed by atoms with Crippen molar-refractivity contribution in [1.82, 2.24) is 0 Å². The van der Waals surface area contributed by atoms with E-state index in [1.165, 1.54) is 6.92 Å². The second kappa shape index (κ2) is 15.2. The Bertz CT molecular complexity index is 504. The van der Waals surface area contributed by atoms with Gasteiger partial charge in [-0.2, -0.15) is 0 Å². The Morgan fingerprint density at radius 1 is 1.14 bits per heavy atom. The van der Waals surface area contributed by atoms with Crippen molar-refractivity contribution >= 4 is 5.97 Å². The zero-order valence-electron chi connectivity index (χ0n) is 13.3. The van der Waals surface area contributed by atoms with Gasteiger partial charge in [0.1, 0.15) is 6.10 Å². The zero-order valence-corrected chi connectivity index (χ0v) is 13.3. The molecule has 0 aliphatic carbocycles. The van der Waals surface area contributed by atoms with Crippen LogP contribution in [0.4, 0.5) is 0 Å². The number of ether oxygens (including phenoxy) is 1. The van der Waals surface area contributed by atoms with Crippen molar-refractivity contribution in [3.05, 3.63) is 36.5 Å². The first-order valence-corrected chi connectivity index (χ1v) is 7.46. The highest BCUT2D eigenvalue weighted by Crippen LogP contribution is 2.10. The van der Waals surface area contributed by atoms with Crippen LogP contribution in [0.3, 0.4) is 0 Å². The highest BCUT2D eigenvalue weighted by molar-refractivity contribution is 5.66. The van der Waals surface area contributed by atoms with Crippen LogP contribution in [0.2, 0.25) is 0 Å². The maximum atomic E-state index is 11.0. The maximum Gasteiger partial charge on any atom is 0.302 e. The van der Waals surface area contributed by atoms with Crippen LogP contribution in [-0.4, -0.2) is 23.8 Å². The van der Waals surface area contributed by atoms with Gasteiger partial charge in [-0.1, -0.05) is 49.5 Å².